The first-order valence-corrected chi connectivity index (χ1v) is 9.17. The molecule has 25 heavy (non-hydrogen) atoms. The quantitative estimate of drug-likeness (QED) is 0.833. The molecule has 2 aromatic heterocycles. The molecule has 1 aliphatic rings. The molecule has 6 nitrogen and oxygen atoms in total. The molecule has 0 bridgehead atoms. The van der Waals surface area contributed by atoms with Crippen LogP contribution in [0.15, 0.2) is 30.5 Å². The molecule has 0 radical (unpaired) electrons. The lowest BCUT2D eigenvalue weighted by Crippen LogP contribution is -2.41. The Hall–Kier alpha value is -2.05. The summed E-state index contributed by atoms with van der Waals surface area (Å²) >= 11 is 0. The van der Waals surface area contributed by atoms with Crippen LogP contribution in [0.4, 0.5) is 5.82 Å². The Balaban J connectivity index is 1.65. The Morgan fingerprint density at radius 1 is 1.16 bits per heavy atom. The number of morpholine rings is 1. The Kier molecular flexibility index (Phi) is 5.94. The molecule has 2 aromatic rings. The molecule has 6 heteroatoms. The summed E-state index contributed by atoms with van der Waals surface area (Å²) < 4.78 is 7.44. The van der Waals surface area contributed by atoms with E-state index in [0.29, 0.717) is 12.1 Å². The van der Waals surface area contributed by atoms with E-state index in [0.717, 1.165) is 57.3 Å². The van der Waals surface area contributed by atoms with Crippen molar-refractivity contribution in [1.82, 2.24) is 14.6 Å². The molecular weight excluding hydrogens is 316 g/mol. The van der Waals surface area contributed by atoms with Crippen molar-refractivity contribution in [3.8, 4) is 0 Å². The Labute approximate surface area is 149 Å². The van der Waals surface area contributed by atoms with Crippen LogP contribution in [0, 0.1) is 0 Å². The average Bonchev–Trinajstić information content (AvgIpc) is 3.07. The van der Waals surface area contributed by atoms with Crippen molar-refractivity contribution in [3.05, 3.63) is 36.0 Å². The number of nitrogens with zero attached hydrogens (tertiary/aromatic N) is 3. The van der Waals surface area contributed by atoms with Gasteiger partial charge in [0.25, 0.3) is 5.91 Å². The topological polar surface area (TPSA) is 49.2 Å². The molecule has 0 spiro atoms. The van der Waals surface area contributed by atoms with Crippen molar-refractivity contribution in [2.75, 3.05) is 57.4 Å². The second-order valence-electron chi connectivity index (χ2n) is 6.29. The fourth-order valence-corrected chi connectivity index (χ4v) is 3.28. The van der Waals surface area contributed by atoms with Gasteiger partial charge in [-0.05, 0) is 38.1 Å². The summed E-state index contributed by atoms with van der Waals surface area (Å²) in [6.07, 6.45) is 1.94. The van der Waals surface area contributed by atoms with Gasteiger partial charge in [0, 0.05) is 51.0 Å². The number of hydrogen-bond acceptors (Lipinski definition) is 4. The van der Waals surface area contributed by atoms with E-state index in [4.69, 9.17) is 4.74 Å². The van der Waals surface area contributed by atoms with Crippen LogP contribution in [-0.2, 0) is 4.74 Å². The van der Waals surface area contributed by atoms with Gasteiger partial charge in [0.05, 0.1) is 18.8 Å². The predicted molar refractivity (Wildman–Crippen MR) is 101 cm³/mol. The smallest absolute Gasteiger partial charge is 0.252 e. The van der Waals surface area contributed by atoms with Crippen molar-refractivity contribution in [1.29, 1.82) is 0 Å². The number of anilines is 1. The fourth-order valence-electron chi connectivity index (χ4n) is 3.28. The second kappa shape index (κ2) is 8.36. The van der Waals surface area contributed by atoms with Gasteiger partial charge in [0.2, 0.25) is 0 Å². The van der Waals surface area contributed by atoms with Crippen LogP contribution in [0.1, 0.15) is 24.2 Å². The highest BCUT2D eigenvalue weighted by atomic mass is 16.5. The number of rotatable bonds is 7. The normalized spacial score (nSPS) is 15.4. The minimum absolute atomic E-state index is 0.0191. The molecule has 136 valence electrons. The molecule has 1 aliphatic heterocycles. The van der Waals surface area contributed by atoms with E-state index in [1.165, 1.54) is 0 Å². The van der Waals surface area contributed by atoms with Gasteiger partial charge < -0.3 is 19.4 Å². The summed E-state index contributed by atoms with van der Waals surface area (Å²) in [5, 5.41) is 3.03. The largest absolute Gasteiger partial charge is 0.379 e. The summed E-state index contributed by atoms with van der Waals surface area (Å²) in [5.74, 6) is 1.11. The molecule has 0 aromatic carbocycles. The maximum absolute atomic E-state index is 12.5. The molecule has 0 unspecified atom stereocenters. The Bertz CT molecular complexity index is 703. The number of amides is 1. The molecule has 3 heterocycles. The average molecular weight is 344 g/mol. The van der Waals surface area contributed by atoms with Gasteiger partial charge in [-0.3, -0.25) is 9.69 Å². The molecule has 1 amide bonds. The molecule has 3 rings (SSSR count). The van der Waals surface area contributed by atoms with Crippen molar-refractivity contribution in [2.45, 2.75) is 13.8 Å². The number of nitrogens with one attached hydrogen (secondary N) is 1. The summed E-state index contributed by atoms with van der Waals surface area (Å²) in [7, 11) is 0. The van der Waals surface area contributed by atoms with Crippen LogP contribution < -0.4 is 10.2 Å². The van der Waals surface area contributed by atoms with E-state index in [1.54, 1.807) is 0 Å². The third-order valence-corrected chi connectivity index (χ3v) is 4.80. The SMILES string of the molecule is CCN(CC)c1ccc2ccc(C(=O)NCCN3CCOCC3)cn12. The highest BCUT2D eigenvalue weighted by Gasteiger charge is 2.13. The fraction of sp³-hybridized carbons (Fsp3) is 0.526. The van der Waals surface area contributed by atoms with Gasteiger partial charge in [-0.1, -0.05) is 0 Å². The summed E-state index contributed by atoms with van der Waals surface area (Å²) in [5.41, 5.74) is 1.80. The van der Waals surface area contributed by atoms with E-state index in [2.05, 4.69) is 45.5 Å². The zero-order chi connectivity index (χ0) is 17.6. The van der Waals surface area contributed by atoms with Crippen LogP contribution >= 0.6 is 0 Å². The monoisotopic (exact) mass is 344 g/mol. The summed E-state index contributed by atoms with van der Waals surface area (Å²) in [6.45, 7) is 11.2. The van der Waals surface area contributed by atoms with E-state index in [9.17, 15) is 4.79 Å². The highest BCUT2D eigenvalue weighted by Crippen LogP contribution is 2.20. The predicted octanol–water partition coefficient (Wildman–Crippen LogP) is 1.85. The van der Waals surface area contributed by atoms with E-state index in [1.807, 2.05) is 18.3 Å². The van der Waals surface area contributed by atoms with E-state index >= 15 is 0 Å². The van der Waals surface area contributed by atoms with E-state index < -0.39 is 0 Å². The number of aromatic nitrogens is 1. The van der Waals surface area contributed by atoms with Crippen LogP contribution in [0.25, 0.3) is 5.52 Å². The summed E-state index contributed by atoms with van der Waals surface area (Å²) in [4.78, 5) is 17.1. The lowest BCUT2D eigenvalue weighted by molar-refractivity contribution is 0.0383. The maximum Gasteiger partial charge on any atom is 0.252 e. The second-order valence-corrected chi connectivity index (χ2v) is 6.29. The standard InChI is InChI=1S/C19H28N4O2/c1-3-22(4-2)18-8-7-17-6-5-16(15-23(17)18)19(24)20-9-10-21-11-13-25-14-12-21/h5-8,15H,3-4,9-14H2,1-2H3,(H,20,24). The Morgan fingerprint density at radius 3 is 2.60 bits per heavy atom. The maximum atomic E-state index is 12.5. The molecule has 0 aliphatic carbocycles. The van der Waals surface area contributed by atoms with Crippen LogP contribution in [0.3, 0.4) is 0 Å². The van der Waals surface area contributed by atoms with Crippen molar-refractivity contribution >= 4 is 17.2 Å². The third kappa shape index (κ3) is 4.14. The van der Waals surface area contributed by atoms with Gasteiger partial charge in [0.15, 0.2) is 0 Å². The van der Waals surface area contributed by atoms with Crippen LogP contribution in [0.2, 0.25) is 0 Å². The molecule has 1 saturated heterocycles. The van der Waals surface area contributed by atoms with E-state index in [-0.39, 0.29) is 5.91 Å². The van der Waals surface area contributed by atoms with Crippen molar-refractivity contribution in [2.24, 2.45) is 0 Å². The number of pyridine rings is 1. The van der Waals surface area contributed by atoms with Gasteiger partial charge >= 0.3 is 0 Å². The molecule has 0 saturated carbocycles. The molecule has 0 atom stereocenters. The van der Waals surface area contributed by atoms with Gasteiger partial charge in [0.1, 0.15) is 5.82 Å². The zero-order valence-electron chi connectivity index (χ0n) is 15.2. The number of carbonyl (C=O) groups is 1. The highest BCUT2D eigenvalue weighted by molar-refractivity contribution is 5.94. The van der Waals surface area contributed by atoms with Crippen molar-refractivity contribution < 1.29 is 9.53 Å². The zero-order valence-corrected chi connectivity index (χ0v) is 15.2. The number of ether oxygens (including phenoxy) is 1. The minimum atomic E-state index is -0.0191. The van der Waals surface area contributed by atoms with Crippen molar-refractivity contribution in [3.63, 3.8) is 0 Å². The first kappa shape index (κ1) is 17.8. The first-order chi connectivity index (χ1) is 12.2. The van der Waals surface area contributed by atoms with Crippen LogP contribution in [0.5, 0.6) is 0 Å². The third-order valence-electron chi connectivity index (χ3n) is 4.80. The number of hydrogen-bond donors (Lipinski definition) is 1. The summed E-state index contributed by atoms with van der Waals surface area (Å²) in [6, 6.07) is 8.10. The lowest BCUT2D eigenvalue weighted by Gasteiger charge is -2.26. The molecule has 1 N–H and O–H groups in total. The lowest BCUT2D eigenvalue weighted by atomic mass is 10.2. The molecular formula is C19H28N4O2. The number of fused-ring (bicyclic) bond motifs is 1. The minimum Gasteiger partial charge on any atom is -0.379 e. The van der Waals surface area contributed by atoms with Gasteiger partial charge in [-0.2, -0.15) is 0 Å². The number of carbonyl (C=O) groups excluding carboxylic acids is 1. The first-order valence-electron chi connectivity index (χ1n) is 9.17. The van der Waals surface area contributed by atoms with Gasteiger partial charge in [-0.25, -0.2) is 0 Å². The van der Waals surface area contributed by atoms with Gasteiger partial charge in [-0.15, -0.1) is 0 Å². The molecule has 1 fully saturated rings. The van der Waals surface area contributed by atoms with Crippen LogP contribution in [-0.4, -0.2) is 67.7 Å². The Morgan fingerprint density at radius 2 is 1.88 bits per heavy atom.